The van der Waals surface area contributed by atoms with Crippen LogP contribution < -0.4 is 5.73 Å². The summed E-state index contributed by atoms with van der Waals surface area (Å²) in [5.74, 6) is 0. The van der Waals surface area contributed by atoms with Gasteiger partial charge in [-0.15, -0.1) is 0 Å². The van der Waals surface area contributed by atoms with Gasteiger partial charge in [0.05, 0.1) is 0 Å². The van der Waals surface area contributed by atoms with Crippen LogP contribution in [0.5, 0.6) is 0 Å². The molecule has 0 aromatic heterocycles. The van der Waals surface area contributed by atoms with Crippen LogP contribution in [0, 0.1) is 0 Å². The van der Waals surface area contributed by atoms with Gasteiger partial charge in [-0.1, -0.05) is 54.6 Å². The van der Waals surface area contributed by atoms with Crippen LogP contribution in [0.1, 0.15) is 0 Å². The van der Waals surface area contributed by atoms with Gasteiger partial charge in [-0.05, 0) is 56.9 Å². The summed E-state index contributed by atoms with van der Waals surface area (Å²) in [5, 5.41) is 5.06. The third-order valence-corrected chi connectivity index (χ3v) is 3.94. The Balaban J connectivity index is 2.07. The van der Waals surface area contributed by atoms with E-state index >= 15 is 0 Å². The van der Waals surface area contributed by atoms with Crippen molar-refractivity contribution in [3.63, 3.8) is 0 Å². The maximum atomic E-state index is 5.93. The van der Waals surface area contributed by atoms with E-state index in [-0.39, 0.29) is 0 Å². The summed E-state index contributed by atoms with van der Waals surface area (Å²) in [4.78, 5) is 0. The molecule has 0 bridgehead atoms. The maximum absolute atomic E-state index is 5.93. The van der Waals surface area contributed by atoms with Crippen LogP contribution in [0.4, 0.5) is 5.69 Å². The molecule has 0 aliphatic rings. The fourth-order valence-corrected chi connectivity index (χ4v) is 2.92. The Bertz CT molecular complexity index is 954. The summed E-state index contributed by atoms with van der Waals surface area (Å²) in [5.41, 5.74) is 9.12. The van der Waals surface area contributed by atoms with E-state index in [1.807, 2.05) is 18.2 Å². The molecule has 21 heavy (non-hydrogen) atoms. The first kappa shape index (κ1) is 12.0. The predicted molar refractivity (Wildman–Crippen MR) is 91.3 cm³/mol. The van der Waals surface area contributed by atoms with E-state index in [1.165, 1.54) is 27.1 Å². The monoisotopic (exact) mass is 269 g/mol. The van der Waals surface area contributed by atoms with Crippen LogP contribution in [-0.2, 0) is 0 Å². The number of fused-ring (bicyclic) bond motifs is 2. The molecule has 0 saturated heterocycles. The molecule has 0 amide bonds. The van der Waals surface area contributed by atoms with Gasteiger partial charge < -0.3 is 5.73 Å². The topological polar surface area (TPSA) is 26.0 Å². The van der Waals surface area contributed by atoms with Crippen molar-refractivity contribution >= 4 is 27.2 Å². The number of hydrogen-bond donors (Lipinski definition) is 1. The molecule has 4 aromatic carbocycles. The zero-order valence-electron chi connectivity index (χ0n) is 11.6. The SMILES string of the molecule is Nc1cccc(-c2cccc3cc4ccccc4cc23)c1. The molecular weight excluding hydrogens is 254 g/mol. The molecule has 0 heterocycles. The lowest BCUT2D eigenvalue weighted by molar-refractivity contribution is 1.64. The molecule has 4 aromatic rings. The zero-order valence-corrected chi connectivity index (χ0v) is 11.6. The second kappa shape index (κ2) is 4.64. The molecule has 1 nitrogen and oxygen atoms in total. The van der Waals surface area contributed by atoms with Gasteiger partial charge >= 0.3 is 0 Å². The average molecular weight is 269 g/mol. The standard InChI is InChI=1S/C20H15N/c21-18-9-3-7-17(12-18)19-10-4-8-16-11-14-5-1-2-6-15(14)13-20(16)19/h1-13H,21H2. The van der Waals surface area contributed by atoms with Gasteiger partial charge in [0.25, 0.3) is 0 Å². The quantitative estimate of drug-likeness (QED) is 0.371. The Morgan fingerprint density at radius 2 is 1.29 bits per heavy atom. The third kappa shape index (κ3) is 2.03. The van der Waals surface area contributed by atoms with Crippen molar-refractivity contribution in [2.45, 2.75) is 0 Å². The Labute approximate surface area is 123 Å². The summed E-state index contributed by atoms with van der Waals surface area (Å²) in [6, 6.07) is 27.5. The Hall–Kier alpha value is -2.80. The molecule has 0 aliphatic heterocycles. The number of benzene rings is 4. The second-order valence-corrected chi connectivity index (χ2v) is 5.35. The van der Waals surface area contributed by atoms with E-state index in [0.29, 0.717) is 0 Å². The highest BCUT2D eigenvalue weighted by atomic mass is 14.5. The first-order valence-corrected chi connectivity index (χ1v) is 7.09. The molecule has 0 spiro atoms. The van der Waals surface area contributed by atoms with Crippen molar-refractivity contribution in [2.24, 2.45) is 0 Å². The molecule has 0 atom stereocenters. The van der Waals surface area contributed by atoms with Crippen LogP contribution in [0.25, 0.3) is 32.7 Å². The summed E-state index contributed by atoms with van der Waals surface area (Å²) in [6.07, 6.45) is 0. The Morgan fingerprint density at radius 1 is 0.571 bits per heavy atom. The van der Waals surface area contributed by atoms with Crippen LogP contribution >= 0.6 is 0 Å². The zero-order chi connectivity index (χ0) is 14.2. The minimum Gasteiger partial charge on any atom is -0.399 e. The number of rotatable bonds is 1. The molecule has 0 aliphatic carbocycles. The van der Waals surface area contributed by atoms with Crippen molar-refractivity contribution in [3.8, 4) is 11.1 Å². The summed E-state index contributed by atoms with van der Waals surface area (Å²) < 4.78 is 0. The molecule has 1 heteroatoms. The van der Waals surface area contributed by atoms with E-state index in [1.54, 1.807) is 0 Å². The van der Waals surface area contributed by atoms with Crippen molar-refractivity contribution in [2.75, 3.05) is 5.73 Å². The number of anilines is 1. The van der Waals surface area contributed by atoms with Crippen LogP contribution in [0.15, 0.2) is 78.9 Å². The summed E-state index contributed by atoms with van der Waals surface area (Å²) in [7, 11) is 0. The van der Waals surface area contributed by atoms with Gasteiger partial charge in [-0.2, -0.15) is 0 Å². The van der Waals surface area contributed by atoms with Gasteiger partial charge in [-0.3, -0.25) is 0 Å². The van der Waals surface area contributed by atoms with E-state index < -0.39 is 0 Å². The fourth-order valence-electron chi connectivity index (χ4n) is 2.92. The van der Waals surface area contributed by atoms with Gasteiger partial charge in [-0.25, -0.2) is 0 Å². The summed E-state index contributed by atoms with van der Waals surface area (Å²) >= 11 is 0. The van der Waals surface area contributed by atoms with Crippen LogP contribution in [-0.4, -0.2) is 0 Å². The third-order valence-electron chi connectivity index (χ3n) is 3.94. The highest BCUT2D eigenvalue weighted by molar-refractivity contribution is 6.05. The molecule has 100 valence electrons. The lowest BCUT2D eigenvalue weighted by atomic mass is 9.95. The summed E-state index contributed by atoms with van der Waals surface area (Å²) in [6.45, 7) is 0. The average Bonchev–Trinajstić information content (AvgIpc) is 2.52. The minimum atomic E-state index is 0.797. The van der Waals surface area contributed by atoms with Gasteiger partial charge in [0.15, 0.2) is 0 Å². The number of nitrogens with two attached hydrogens (primary N) is 1. The molecule has 2 N–H and O–H groups in total. The largest absolute Gasteiger partial charge is 0.399 e. The first-order chi connectivity index (χ1) is 10.3. The van der Waals surface area contributed by atoms with E-state index in [9.17, 15) is 0 Å². The number of nitrogen functional groups attached to an aromatic ring is 1. The maximum Gasteiger partial charge on any atom is 0.0320 e. The van der Waals surface area contributed by atoms with Crippen LogP contribution in [0.2, 0.25) is 0 Å². The molecule has 0 radical (unpaired) electrons. The lowest BCUT2D eigenvalue weighted by Crippen LogP contribution is -1.86. The lowest BCUT2D eigenvalue weighted by Gasteiger charge is -2.09. The number of hydrogen-bond acceptors (Lipinski definition) is 1. The molecule has 0 saturated carbocycles. The highest BCUT2D eigenvalue weighted by Crippen LogP contribution is 2.32. The van der Waals surface area contributed by atoms with Gasteiger partial charge in [0.2, 0.25) is 0 Å². The van der Waals surface area contributed by atoms with Crippen LogP contribution in [0.3, 0.4) is 0 Å². The van der Waals surface area contributed by atoms with E-state index in [0.717, 1.165) is 11.3 Å². The van der Waals surface area contributed by atoms with Gasteiger partial charge in [0, 0.05) is 5.69 Å². The molecule has 0 unspecified atom stereocenters. The normalized spacial score (nSPS) is 11.0. The van der Waals surface area contributed by atoms with E-state index in [2.05, 4.69) is 60.7 Å². The van der Waals surface area contributed by atoms with Crippen molar-refractivity contribution < 1.29 is 0 Å². The fraction of sp³-hybridized carbons (Fsp3) is 0. The predicted octanol–water partition coefficient (Wildman–Crippen LogP) is 5.24. The first-order valence-electron chi connectivity index (χ1n) is 7.09. The molecule has 0 fully saturated rings. The van der Waals surface area contributed by atoms with E-state index in [4.69, 9.17) is 5.73 Å². The Morgan fingerprint density at radius 3 is 2.10 bits per heavy atom. The minimum absolute atomic E-state index is 0.797. The van der Waals surface area contributed by atoms with Gasteiger partial charge in [0.1, 0.15) is 0 Å². The van der Waals surface area contributed by atoms with Crippen molar-refractivity contribution in [1.82, 2.24) is 0 Å². The molecular formula is C20H15N. The smallest absolute Gasteiger partial charge is 0.0320 e. The highest BCUT2D eigenvalue weighted by Gasteiger charge is 2.05. The molecule has 4 rings (SSSR count). The second-order valence-electron chi connectivity index (χ2n) is 5.35. The van der Waals surface area contributed by atoms with Crippen molar-refractivity contribution in [1.29, 1.82) is 0 Å². The Kier molecular flexibility index (Phi) is 2.65. The van der Waals surface area contributed by atoms with Crippen molar-refractivity contribution in [3.05, 3.63) is 78.9 Å².